The normalized spacial score (nSPS) is 18.1. The summed E-state index contributed by atoms with van der Waals surface area (Å²) in [4.78, 5) is 33.0. The van der Waals surface area contributed by atoms with E-state index in [1.807, 2.05) is 31.7 Å². The predicted octanol–water partition coefficient (Wildman–Crippen LogP) is 5.06. The molecule has 1 saturated heterocycles. The Labute approximate surface area is 246 Å². The molecule has 1 amide bonds. The first kappa shape index (κ1) is 29.1. The van der Waals surface area contributed by atoms with Gasteiger partial charge in [0.25, 0.3) is 5.91 Å². The standard InChI is InChI=1S/C29H25F5N4O4S/c1-29(2)10-17-25(26(39)36-29)43-28(35-17)38-6-7-41-12-15(38)8-14-11-37(3)18-5-4-13(9-16(14)18)27(40)42-24-22(33)20(31)19(30)21(32)23(24)34/h4-5,9,11,15H,6-8,10,12H2,1-3H3,(H,36,39)/t15-/m0/s1. The van der Waals surface area contributed by atoms with Gasteiger partial charge < -0.3 is 24.3 Å². The van der Waals surface area contributed by atoms with Crippen molar-refractivity contribution in [2.24, 2.45) is 7.05 Å². The lowest BCUT2D eigenvalue weighted by atomic mass is 9.94. The molecule has 2 aliphatic rings. The summed E-state index contributed by atoms with van der Waals surface area (Å²) in [6, 6.07) is 4.20. The third kappa shape index (κ3) is 5.12. The number of morpholine rings is 1. The quantitative estimate of drug-likeness (QED) is 0.110. The van der Waals surface area contributed by atoms with Crippen molar-refractivity contribution in [3.05, 3.63) is 75.2 Å². The SMILES string of the molecule is Cn1cc(C[C@H]2COCCN2c2nc3c(s2)C(=O)NC(C)(C)C3)c2cc(C(=O)Oc3c(F)c(F)c(F)c(F)c3F)ccc21. The number of carbonyl (C=O) groups excluding carboxylic acids is 2. The van der Waals surface area contributed by atoms with Gasteiger partial charge in [0.05, 0.1) is 30.5 Å². The first-order valence-corrected chi connectivity index (χ1v) is 14.1. The smallest absolute Gasteiger partial charge is 0.343 e. The molecule has 2 aliphatic heterocycles. The Hall–Kier alpha value is -4.04. The number of nitrogens with zero attached hydrogens (tertiary/aromatic N) is 3. The minimum Gasteiger partial charge on any atom is -0.416 e. The number of rotatable bonds is 5. The van der Waals surface area contributed by atoms with Crippen LogP contribution in [0.1, 0.15) is 45.1 Å². The van der Waals surface area contributed by atoms with Gasteiger partial charge in [-0.05, 0) is 44.0 Å². The number of hydrogen-bond donors (Lipinski definition) is 1. The highest BCUT2D eigenvalue weighted by Crippen LogP contribution is 2.35. The molecule has 0 radical (unpaired) electrons. The molecule has 0 unspecified atom stereocenters. The van der Waals surface area contributed by atoms with Crippen LogP contribution in [0.5, 0.6) is 5.75 Å². The van der Waals surface area contributed by atoms with Crippen LogP contribution in [-0.2, 0) is 24.6 Å². The summed E-state index contributed by atoms with van der Waals surface area (Å²) in [5, 5.41) is 4.33. The molecule has 0 spiro atoms. The number of ether oxygens (including phenoxy) is 2. The van der Waals surface area contributed by atoms with Crippen molar-refractivity contribution < 1.29 is 41.0 Å². The zero-order chi connectivity index (χ0) is 30.8. The van der Waals surface area contributed by atoms with Crippen molar-refractivity contribution in [2.45, 2.75) is 38.3 Å². The predicted molar refractivity (Wildman–Crippen MR) is 147 cm³/mol. The molecule has 43 heavy (non-hydrogen) atoms. The molecule has 2 aromatic heterocycles. The van der Waals surface area contributed by atoms with E-state index in [4.69, 9.17) is 9.72 Å². The second kappa shape index (κ2) is 10.6. The number of nitrogens with one attached hydrogen (secondary N) is 1. The lowest BCUT2D eigenvalue weighted by Gasteiger charge is -2.35. The van der Waals surface area contributed by atoms with E-state index >= 15 is 0 Å². The molecule has 4 heterocycles. The molecule has 1 fully saturated rings. The first-order valence-electron chi connectivity index (χ1n) is 13.3. The highest BCUT2D eigenvalue weighted by Gasteiger charge is 2.36. The van der Waals surface area contributed by atoms with Crippen molar-refractivity contribution in [1.82, 2.24) is 14.9 Å². The second-order valence-corrected chi connectivity index (χ2v) is 12.2. The summed E-state index contributed by atoms with van der Waals surface area (Å²) in [7, 11) is 1.81. The highest BCUT2D eigenvalue weighted by molar-refractivity contribution is 7.17. The molecule has 8 nitrogen and oxygen atoms in total. The van der Waals surface area contributed by atoms with Gasteiger partial charge in [-0.3, -0.25) is 4.79 Å². The van der Waals surface area contributed by atoms with Crippen molar-refractivity contribution in [2.75, 3.05) is 24.7 Å². The fourth-order valence-electron chi connectivity index (χ4n) is 5.51. The maximum absolute atomic E-state index is 14.1. The number of fused-ring (bicyclic) bond motifs is 2. The van der Waals surface area contributed by atoms with E-state index in [0.29, 0.717) is 48.0 Å². The van der Waals surface area contributed by atoms with E-state index < -0.39 is 46.3 Å². The maximum atomic E-state index is 14.1. The van der Waals surface area contributed by atoms with Gasteiger partial charge in [-0.1, -0.05) is 11.3 Å². The Bertz CT molecular complexity index is 1770. The Balaban J connectivity index is 1.29. The molecule has 1 N–H and O–H groups in total. The van der Waals surface area contributed by atoms with Crippen molar-refractivity contribution in [1.29, 1.82) is 0 Å². The first-order chi connectivity index (χ1) is 20.3. The summed E-state index contributed by atoms with van der Waals surface area (Å²) >= 11 is 1.33. The minimum absolute atomic E-state index is 0.151. The van der Waals surface area contributed by atoms with Gasteiger partial charge in [-0.2, -0.15) is 8.78 Å². The molecule has 2 aromatic carbocycles. The van der Waals surface area contributed by atoms with Crippen LogP contribution in [0.3, 0.4) is 0 Å². The Morgan fingerprint density at radius 3 is 2.56 bits per heavy atom. The number of benzene rings is 2. The van der Waals surface area contributed by atoms with Gasteiger partial charge in [0.1, 0.15) is 4.88 Å². The topological polar surface area (TPSA) is 85.7 Å². The molecule has 6 rings (SSSR count). The van der Waals surface area contributed by atoms with Crippen molar-refractivity contribution in [3.63, 3.8) is 0 Å². The lowest BCUT2D eigenvalue weighted by Crippen LogP contribution is -2.48. The average Bonchev–Trinajstić information content (AvgIpc) is 3.53. The highest BCUT2D eigenvalue weighted by atomic mass is 32.1. The summed E-state index contributed by atoms with van der Waals surface area (Å²) in [5.74, 6) is -14.4. The van der Waals surface area contributed by atoms with Crippen LogP contribution in [0.4, 0.5) is 27.1 Å². The summed E-state index contributed by atoms with van der Waals surface area (Å²) in [6.45, 7) is 5.28. The van der Waals surface area contributed by atoms with Crippen molar-refractivity contribution >= 4 is 39.2 Å². The van der Waals surface area contributed by atoms with E-state index in [0.717, 1.165) is 16.8 Å². The zero-order valence-electron chi connectivity index (χ0n) is 23.2. The van der Waals surface area contributed by atoms with Crippen LogP contribution in [-0.4, -0.2) is 52.8 Å². The monoisotopic (exact) mass is 620 g/mol. The molecule has 0 saturated carbocycles. The lowest BCUT2D eigenvalue weighted by molar-refractivity contribution is 0.0715. The van der Waals surface area contributed by atoms with Crippen molar-refractivity contribution in [3.8, 4) is 5.75 Å². The number of carbonyl (C=O) groups is 2. The van der Waals surface area contributed by atoms with E-state index in [1.165, 1.54) is 23.5 Å². The second-order valence-electron chi connectivity index (χ2n) is 11.2. The van der Waals surface area contributed by atoms with Crippen LogP contribution >= 0.6 is 11.3 Å². The van der Waals surface area contributed by atoms with Crippen LogP contribution in [0.25, 0.3) is 10.9 Å². The number of aryl methyl sites for hydroxylation is 1. The van der Waals surface area contributed by atoms with Crippen LogP contribution in [0.2, 0.25) is 0 Å². The third-order valence-corrected chi connectivity index (χ3v) is 8.69. The molecule has 226 valence electrons. The number of amides is 1. The largest absolute Gasteiger partial charge is 0.416 e. The summed E-state index contributed by atoms with van der Waals surface area (Å²) in [5.41, 5.74) is 1.74. The molecule has 14 heteroatoms. The number of aromatic nitrogens is 2. The van der Waals surface area contributed by atoms with Gasteiger partial charge in [0.2, 0.25) is 34.8 Å². The van der Waals surface area contributed by atoms with Crippen LogP contribution < -0.4 is 15.0 Å². The molecule has 0 aliphatic carbocycles. The van der Waals surface area contributed by atoms with Crippen LogP contribution in [0, 0.1) is 29.1 Å². The van der Waals surface area contributed by atoms with Gasteiger partial charge in [0.15, 0.2) is 5.13 Å². The van der Waals surface area contributed by atoms with E-state index in [9.17, 15) is 31.5 Å². The van der Waals surface area contributed by atoms with Gasteiger partial charge >= 0.3 is 5.97 Å². The summed E-state index contributed by atoms with van der Waals surface area (Å²) < 4.78 is 81.2. The average molecular weight is 621 g/mol. The zero-order valence-corrected chi connectivity index (χ0v) is 24.0. The fourth-order valence-corrected chi connectivity index (χ4v) is 6.58. The Morgan fingerprint density at radius 2 is 1.84 bits per heavy atom. The number of anilines is 1. The van der Waals surface area contributed by atoms with E-state index in [2.05, 4.69) is 15.0 Å². The number of hydrogen-bond acceptors (Lipinski definition) is 7. The maximum Gasteiger partial charge on any atom is 0.343 e. The Morgan fingerprint density at radius 1 is 1.14 bits per heavy atom. The van der Waals surface area contributed by atoms with E-state index in [1.54, 1.807) is 6.07 Å². The number of thiazole rings is 1. The molecular formula is C29H25F5N4O4S. The van der Waals surface area contributed by atoms with Gasteiger partial charge in [0, 0.05) is 42.7 Å². The third-order valence-electron chi connectivity index (χ3n) is 7.55. The van der Waals surface area contributed by atoms with Crippen LogP contribution in [0.15, 0.2) is 24.4 Å². The Kier molecular flexibility index (Phi) is 7.16. The summed E-state index contributed by atoms with van der Waals surface area (Å²) in [6.07, 6.45) is 2.93. The molecule has 4 aromatic rings. The number of esters is 1. The molecular weight excluding hydrogens is 595 g/mol. The van der Waals surface area contributed by atoms with Gasteiger partial charge in [-0.25, -0.2) is 22.9 Å². The van der Waals surface area contributed by atoms with Gasteiger partial charge in [-0.15, -0.1) is 0 Å². The fraction of sp³-hybridized carbons (Fsp3) is 0.345. The molecule has 1 atom stereocenters. The molecule has 0 bridgehead atoms. The van der Waals surface area contributed by atoms with E-state index in [-0.39, 0.29) is 17.5 Å². The minimum atomic E-state index is -2.35. The number of halogens is 5.